The molecular formula is C20H26N2O4S. The Hall–Kier alpha value is -2.25. The molecule has 0 aliphatic carbocycles. The average Bonchev–Trinajstić information content (AvgIpc) is 2.69. The van der Waals surface area contributed by atoms with Crippen LogP contribution in [-0.4, -0.2) is 50.6 Å². The summed E-state index contributed by atoms with van der Waals surface area (Å²) in [5.41, 5.74) is 0.739. The van der Waals surface area contributed by atoms with Crippen LogP contribution in [0.2, 0.25) is 0 Å². The number of ether oxygens (including phenoxy) is 1. The van der Waals surface area contributed by atoms with Crippen molar-refractivity contribution < 1.29 is 18.3 Å². The maximum atomic E-state index is 12.9. The predicted molar refractivity (Wildman–Crippen MR) is 106 cm³/mol. The van der Waals surface area contributed by atoms with E-state index >= 15 is 0 Å². The summed E-state index contributed by atoms with van der Waals surface area (Å²) in [7, 11) is -3.53. The van der Waals surface area contributed by atoms with Crippen molar-refractivity contribution in [2.24, 2.45) is 0 Å². The lowest BCUT2D eigenvalue weighted by atomic mass is 10.2. The van der Waals surface area contributed by atoms with E-state index in [2.05, 4.69) is 6.92 Å². The number of hydrogen-bond acceptors (Lipinski definition) is 5. The number of para-hydroxylation sites is 2. The van der Waals surface area contributed by atoms with Crippen molar-refractivity contribution in [1.82, 2.24) is 4.31 Å². The minimum atomic E-state index is -3.53. The fraction of sp³-hybridized carbons (Fsp3) is 0.400. The number of phenols is 1. The Labute approximate surface area is 161 Å². The smallest absolute Gasteiger partial charge is 0.243 e. The monoisotopic (exact) mass is 390 g/mol. The van der Waals surface area contributed by atoms with E-state index < -0.39 is 10.0 Å². The van der Waals surface area contributed by atoms with Gasteiger partial charge in [-0.15, -0.1) is 0 Å². The number of anilines is 1. The zero-order chi connectivity index (χ0) is 19.3. The largest absolute Gasteiger partial charge is 0.506 e. The van der Waals surface area contributed by atoms with E-state index in [9.17, 15) is 13.5 Å². The first-order valence-electron chi connectivity index (χ1n) is 9.28. The van der Waals surface area contributed by atoms with Gasteiger partial charge in [0, 0.05) is 26.2 Å². The van der Waals surface area contributed by atoms with Crippen LogP contribution in [0.3, 0.4) is 0 Å². The van der Waals surface area contributed by atoms with Crippen LogP contribution >= 0.6 is 0 Å². The Balaban J connectivity index is 1.64. The standard InChI is InChI=1S/C20H26N2O4S/c1-2-3-16-26-17-8-10-18(11-9-17)27(24,25)22-14-12-21(13-15-22)19-6-4-5-7-20(19)23/h4-11,23H,2-3,12-16H2,1H3. The molecule has 2 aromatic rings. The Morgan fingerprint density at radius 3 is 2.30 bits per heavy atom. The van der Waals surface area contributed by atoms with E-state index in [1.165, 1.54) is 4.31 Å². The molecule has 0 unspecified atom stereocenters. The number of piperazine rings is 1. The minimum Gasteiger partial charge on any atom is -0.506 e. The zero-order valence-corrected chi connectivity index (χ0v) is 16.4. The van der Waals surface area contributed by atoms with Crippen LogP contribution in [0.5, 0.6) is 11.5 Å². The minimum absolute atomic E-state index is 0.215. The predicted octanol–water partition coefficient (Wildman–Crippen LogP) is 3.08. The highest BCUT2D eigenvalue weighted by molar-refractivity contribution is 7.89. The van der Waals surface area contributed by atoms with E-state index in [0.717, 1.165) is 18.5 Å². The van der Waals surface area contributed by atoms with E-state index in [0.29, 0.717) is 38.5 Å². The van der Waals surface area contributed by atoms with Crippen LogP contribution in [0, 0.1) is 0 Å². The van der Waals surface area contributed by atoms with Crippen LogP contribution < -0.4 is 9.64 Å². The number of unbranched alkanes of at least 4 members (excludes halogenated alkanes) is 1. The first-order valence-corrected chi connectivity index (χ1v) is 10.7. The van der Waals surface area contributed by atoms with Crippen molar-refractivity contribution in [1.29, 1.82) is 0 Å². The Bertz CT molecular complexity index is 845. The molecule has 0 saturated carbocycles. The molecule has 7 heteroatoms. The highest BCUT2D eigenvalue weighted by atomic mass is 32.2. The number of rotatable bonds is 7. The molecule has 1 saturated heterocycles. The fourth-order valence-corrected chi connectivity index (χ4v) is 4.51. The number of aromatic hydroxyl groups is 1. The molecular weight excluding hydrogens is 364 g/mol. The number of nitrogens with zero attached hydrogens (tertiary/aromatic N) is 2. The van der Waals surface area contributed by atoms with Crippen molar-refractivity contribution in [2.75, 3.05) is 37.7 Å². The van der Waals surface area contributed by atoms with Gasteiger partial charge in [-0.05, 0) is 42.8 Å². The van der Waals surface area contributed by atoms with Gasteiger partial charge in [0.05, 0.1) is 17.2 Å². The summed E-state index contributed by atoms with van der Waals surface area (Å²) < 4.78 is 32.9. The number of phenolic OH excluding ortho intramolecular Hbond substituents is 1. The van der Waals surface area contributed by atoms with Gasteiger partial charge in [-0.1, -0.05) is 25.5 Å². The third-order valence-electron chi connectivity index (χ3n) is 4.69. The quantitative estimate of drug-likeness (QED) is 0.736. The average molecular weight is 391 g/mol. The molecule has 27 heavy (non-hydrogen) atoms. The molecule has 0 aromatic heterocycles. The van der Waals surface area contributed by atoms with Gasteiger partial charge >= 0.3 is 0 Å². The molecule has 146 valence electrons. The third-order valence-corrected chi connectivity index (χ3v) is 6.60. The van der Waals surface area contributed by atoms with Crippen molar-refractivity contribution in [3.8, 4) is 11.5 Å². The van der Waals surface area contributed by atoms with Crippen molar-refractivity contribution in [3.63, 3.8) is 0 Å². The lowest BCUT2D eigenvalue weighted by molar-refractivity contribution is 0.309. The highest BCUT2D eigenvalue weighted by Crippen LogP contribution is 2.28. The number of benzene rings is 2. The topological polar surface area (TPSA) is 70.1 Å². The second-order valence-electron chi connectivity index (χ2n) is 6.55. The summed E-state index contributed by atoms with van der Waals surface area (Å²) in [5, 5.41) is 9.98. The maximum absolute atomic E-state index is 12.9. The molecule has 1 heterocycles. The fourth-order valence-electron chi connectivity index (χ4n) is 3.09. The molecule has 0 radical (unpaired) electrons. The van der Waals surface area contributed by atoms with Crippen molar-refractivity contribution >= 4 is 15.7 Å². The molecule has 0 atom stereocenters. The lowest BCUT2D eigenvalue weighted by Gasteiger charge is -2.35. The van der Waals surface area contributed by atoms with Crippen LogP contribution in [0.25, 0.3) is 0 Å². The Morgan fingerprint density at radius 1 is 1.00 bits per heavy atom. The normalized spacial score (nSPS) is 15.7. The van der Waals surface area contributed by atoms with Gasteiger partial charge in [0.2, 0.25) is 10.0 Å². The van der Waals surface area contributed by atoms with E-state index in [4.69, 9.17) is 4.74 Å². The molecule has 6 nitrogen and oxygen atoms in total. The summed E-state index contributed by atoms with van der Waals surface area (Å²) >= 11 is 0. The van der Waals surface area contributed by atoms with Crippen LogP contribution in [0.1, 0.15) is 19.8 Å². The van der Waals surface area contributed by atoms with Gasteiger partial charge in [0.15, 0.2) is 0 Å². The summed E-state index contributed by atoms with van der Waals surface area (Å²) in [4.78, 5) is 2.29. The van der Waals surface area contributed by atoms with Gasteiger partial charge in [0.1, 0.15) is 11.5 Å². The summed E-state index contributed by atoms with van der Waals surface area (Å²) in [6.07, 6.45) is 2.03. The van der Waals surface area contributed by atoms with Crippen LogP contribution in [0.15, 0.2) is 53.4 Å². The molecule has 1 aliphatic rings. The van der Waals surface area contributed by atoms with Gasteiger partial charge < -0.3 is 14.7 Å². The second-order valence-corrected chi connectivity index (χ2v) is 8.49. The first kappa shape index (κ1) is 19.5. The lowest BCUT2D eigenvalue weighted by Crippen LogP contribution is -2.48. The summed E-state index contributed by atoms with van der Waals surface area (Å²) in [6, 6.07) is 13.7. The SMILES string of the molecule is CCCCOc1ccc(S(=O)(=O)N2CCN(c3ccccc3O)CC2)cc1. The molecule has 0 bridgehead atoms. The molecule has 1 fully saturated rings. The first-order chi connectivity index (χ1) is 13.0. The van der Waals surface area contributed by atoms with E-state index in [-0.39, 0.29) is 10.6 Å². The molecule has 1 N–H and O–H groups in total. The summed E-state index contributed by atoms with van der Waals surface area (Å²) in [5.74, 6) is 0.902. The third kappa shape index (κ3) is 4.54. The van der Waals surface area contributed by atoms with Crippen molar-refractivity contribution in [2.45, 2.75) is 24.7 Å². The maximum Gasteiger partial charge on any atom is 0.243 e. The Morgan fingerprint density at radius 2 is 1.67 bits per heavy atom. The Kier molecular flexibility index (Phi) is 6.23. The van der Waals surface area contributed by atoms with Crippen LogP contribution in [0.4, 0.5) is 5.69 Å². The van der Waals surface area contributed by atoms with Gasteiger partial charge in [0.25, 0.3) is 0 Å². The van der Waals surface area contributed by atoms with E-state index in [1.807, 2.05) is 17.0 Å². The van der Waals surface area contributed by atoms with Crippen LogP contribution in [-0.2, 0) is 10.0 Å². The number of sulfonamides is 1. The summed E-state index contributed by atoms with van der Waals surface area (Å²) in [6.45, 7) is 4.57. The molecule has 0 spiro atoms. The molecule has 3 rings (SSSR count). The van der Waals surface area contributed by atoms with Gasteiger partial charge in [-0.25, -0.2) is 8.42 Å². The molecule has 1 aliphatic heterocycles. The van der Waals surface area contributed by atoms with Gasteiger partial charge in [-0.3, -0.25) is 0 Å². The van der Waals surface area contributed by atoms with E-state index in [1.54, 1.807) is 36.4 Å². The van der Waals surface area contributed by atoms with Crippen molar-refractivity contribution in [3.05, 3.63) is 48.5 Å². The molecule has 0 amide bonds. The molecule has 2 aromatic carbocycles. The zero-order valence-electron chi connectivity index (χ0n) is 15.5. The second kappa shape index (κ2) is 8.63. The number of hydrogen-bond donors (Lipinski definition) is 1. The highest BCUT2D eigenvalue weighted by Gasteiger charge is 2.29. The van der Waals surface area contributed by atoms with Gasteiger partial charge in [-0.2, -0.15) is 4.31 Å².